The molecule has 0 aromatic carbocycles. The Morgan fingerprint density at radius 1 is 1.32 bits per heavy atom. The van der Waals surface area contributed by atoms with E-state index in [9.17, 15) is 0 Å². The number of nitrogens with one attached hydrogen (secondary N) is 2. The zero-order valence-corrected chi connectivity index (χ0v) is 18.7. The van der Waals surface area contributed by atoms with Gasteiger partial charge in [-0.2, -0.15) is 0 Å². The third kappa shape index (κ3) is 6.25. The van der Waals surface area contributed by atoms with Crippen molar-refractivity contribution in [1.29, 1.82) is 0 Å². The van der Waals surface area contributed by atoms with Crippen LogP contribution in [0.25, 0.3) is 0 Å². The number of hydrogen-bond acceptors (Lipinski definition) is 5. The van der Waals surface area contributed by atoms with E-state index < -0.39 is 0 Å². The Morgan fingerprint density at radius 2 is 2.08 bits per heavy atom. The molecule has 2 heterocycles. The zero-order valence-electron chi connectivity index (χ0n) is 15.5. The Hall–Kier alpha value is -1.16. The van der Waals surface area contributed by atoms with Gasteiger partial charge in [0.2, 0.25) is 0 Å². The highest BCUT2D eigenvalue weighted by molar-refractivity contribution is 14.0. The van der Waals surface area contributed by atoms with Crippen LogP contribution < -0.4 is 10.6 Å². The highest BCUT2D eigenvalue weighted by Crippen LogP contribution is 2.22. The van der Waals surface area contributed by atoms with E-state index in [1.807, 2.05) is 20.0 Å². The van der Waals surface area contributed by atoms with Crippen LogP contribution in [0.1, 0.15) is 53.6 Å². The van der Waals surface area contributed by atoms with Crippen LogP contribution in [0.5, 0.6) is 0 Å². The molecule has 0 saturated heterocycles. The van der Waals surface area contributed by atoms with Gasteiger partial charge >= 0.3 is 0 Å². The highest BCUT2D eigenvalue weighted by Gasteiger charge is 2.16. The number of thiazole rings is 1. The minimum Gasteiger partial charge on any atom is -0.361 e. The summed E-state index contributed by atoms with van der Waals surface area (Å²) in [5.41, 5.74) is 2.13. The molecule has 0 aliphatic rings. The predicted molar refractivity (Wildman–Crippen MR) is 114 cm³/mol. The molecule has 0 spiro atoms. The molecular weight excluding hydrogens is 449 g/mol. The predicted octanol–water partition coefficient (Wildman–Crippen LogP) is 3.79. The van der Waals surface area contributed by atoms with E-state index in [0.717, 1.165) is 41.9 Å². The van der Waals surface area contributed by atoms with Crippen molar-refractivity contribution in [1.82, 2.24) is 20.8 Å². The topological polar surface area (TPSA) is 75.3 Å². The van der Waals surface area contributed by atoms with Gasteiger partial charge in [-0.25, -0.2) is 9.98 Å². The molecule has 2 aromatic rings. The molecule has 0 amide bonds. The molecule has 2 aromatic heterocycles. The van der Waals surface area contributed by atoms with Gasteiger partial charge in [0, 0.05) is 35.6 Å². The summed E-state index contributed by atoms with van der Waals surface area (Å²) in [6.45, 7) is 12.5. The molecule has 0 saturated carbocycles. The van der Waals surface area contributed by atoms with Crippen molar-refractivity contribution in [2.75, 3.05) is 13.1 Å². The molecule has 2 N–H and O–H groups in total. The van der Waals surface area contributed by atoms with Crippen molar-refractivity contribution in [3.63, 3.8) is 0 Å². The van der Waals surface area contributed by atoms with Gasteiger partial charge in [-0.05, 0) is 27.2 Å². The molecule has 2 rings (SSSR count). The first kappa shape index (κ1) is 21.9. The van der Waals surface area contributed by atoms with Gasteiger partial charge in [0.25, 0.3) is 0 Å². The largest absolute Gasteiger partial charge is 0.361 e. The van der Waals surface area contributed by atoms with Crippen molar-refractivity contribution < 1.29 is 4.52 Å². The number of aliphatic imine (C=N–C) groups is 1. The third-order valence-corrected chi connectivity index (χ3v) is 4.95. The van der Waals surface area contributed by atoms with Crippen LogP contribution in [0.2, 0.25) is 0 Å². The molecule has 1 unspecified atom stereocenters. The van der Waals surface area contributed by atoms with Crippen LogP contribution in [0.4, 0.5) is 0 Å². The van der Waals surface area contributed by atoms with Gasteiger partial charge < -0.3 is 15.2 Å². The molecule has 140 valence electrons. The Morgan fingerprint density at radius 3 is 2.64 bits per heavy atom. The fourth-order valence-corrected chi connectivity index (χ4v) is 3.41. The van der Waals surface area contributed by atoms with E-state index in [-0.39, 0.29) is 24.0 Å². The smallest absolute Gasteiger partial charge is 0.191 e. The van der Waals surface area contributed by atoms with Crippen LogP contribution in [0.3, 0.4) is 0 Å². The summed E-state index contributed by atoms with van der Waals surface area (Å²) in [4.78, 5) is 10.3. The second-order valence-corrected chi connectivity index (χ2v) is 6.99. The lowest BCUT2D eigenvalue weighted by Crippen LogP contribution is -2.39. The summed E-state index contributed by atoms with van der Waals surface area (Å²) in [6.07, 6.45) is 2.96. The first-order chi connectivity index (χ1) is 11.5. The number of hydrogen-bond donors (Lipinski definition) is 2. The van der Waals surface area contributed by atoms with E-state index in [1.54, 1.807) is 11.3 Å². The number of aromatic nitrogens is 2. The van der Waals surface area contributed by atoms with E-state index in [0.29, 0.717) is 12.5 Å². The van der Waals surface area contributed by atoms with Crippen molar-refractivity contribution in [2.45, 2.75) is 53.5 Å². The van der Waals surface area contributed by atoms with Gasteiger partial charge in [-0.1, -0.05) is 19.0 Å². The zero-order chi connectivity index (χ0) is 17.5. The van der Waals surface area contributed by atoms with E-state index >= 15 is 0 Å². The Labute approximate surface area is 170 Å². The van der Waals surface area contributed by atoms with Crippen LogP contribution in [-0.4, -0.2) is 29.2 Å². The van der Waals surface area contributed by atoms with Crippen molar-refractivity contribution in [3.8, 4) is 0 Å². The number of aryl methyl sites for hydroxylation is 3. The quantitative estimate of drug-likeness (QED) is 0.361. The molecule has 8 heteroatoms. The van der Waals surface area contributed by atoms with Crippen molar-refractivity contribution in [2.24, 2.45) is 4.99 Å². The van der Waals surface area contributed by atoms with Crippen LogP contribution in [0, 0.1) is 13.8 Å². The lowest BCUT2D eigenvalue weighted by molar-refractivity contribution is 0.391. The Bertz CT molecular complexity index is 663. The second kappa shape index (κ2) is 10.7. The lowest BCUT2D eigenvalue weighted by atomic mass is 10.00. The summed E-state index contributed by atoms with van der Waals surface area (Å²) in [5.74, 6) is 2.00. The molecule has 0 radical (unpaired) electrons. The fraction of sp³-hybridized carbons (Fsp3) is 0.588. The Balaban J connectivity index is 0.00000312. The molecule has 25 heavy (non-hydrogen) atoms. The highest BCUT2D eigenvalue weighted by atomic mass is 127. The SMILES string of the molecule is CCNC(=NCc1ncc(CC)s1)NCC(C)c1c(C)noc1C.I. The van der Waals surface area contributed by atoms with Gasteiger partial charge in [0.1, 0.15) is 10.8 Å². The molecule has 1 atom stereocenters. The molecule has 0 fully saturated rings. The number of rotatable bonds is 7. The van der Waals surface area contributed by atoms with E-state index in [2.05, 4.69) is 46.5 Å². The van der Waals surface area contributed by atoms with Crippen LogP contribution >= 0.6 is 35.3 Å². The van der Waals surface area contributed by atoms with Crippen LogP contribution in [0.15, 0.2) is 15.7 Å². The monoisotopic (exact) mass is 477 g/mol. The summed E-state index contributed by atoms with van der Waals surface area (Å²) in [6, 6.07) is 0. The molecular formula is C17H28IN5OS. The minimum atomic E-state index is 0. The number of nitrogens with zero attached hydrogens (tertiary/aromatic N) is 3. The normalized spacial score (nSPS) is 12.6. The van der Waals surface area contributed by atoms with Crippen molar-refractivity contribution in [3.05, 3.63) is 33.1 Å². The van der Waals surface area contributed by atoms with Gasteiger partial charge in [0.15, 0.2) is 5.96 Å². The third-order valence-electron chi connectivity index (χ3n) is 3.82. The summed E-state index contributed by atoms with van der Waals surface area (Å²) >= 11 is 1.72. The fourth-order valence-electron chi connectivity index (χ4n) is 2.62. The maximum atomic E-state index is 5.26. The van der Waals surface area contributed by atoms with Gasteiger partial charge in [-0.15, -0.1) is 35.3 Å². The molecule has 6 nitrogen and oxygen atoms in total. The van der Waals surface area contributed by atoms with Crippen molar-refractivity contribution >= 4 is 41.3 Å². The Kier molecular flexibility index (Phi) is 9.41. The number of halogens is 1. The second-order valence-electron chi connectivity index (χ2n) is 5.79. The standard InChI is InChI=1S/C17H27N5OS.HI/c1-6-14-9-19-15(24-14)10-21-17(18-7-2)20-8-11(3)16-12(4)22-23-13(16)5;/h9,11H,6-8,10H2,1-5H3,(H2,18,20,21);1H. The van der Waals surface area contributed by atoms with Crippen LogP contribution in [-0.2, 0) is 13.0 Å². The molecule has 0 aliphatic heterocycles. The maximum Gasteiger partial charge on any atom is 0.191 e. The molecule has 0 bridgehead atoms. The van der Waals surface area contributed by atoms with E-state index in [4.69, 9.17) is 4.52 Å². The summed E-state index contributed by atoms with van der Waals surface area (Å²) in [7, 11) is 0. The van der Waals surface area contributed by atoms with E-state index in [1.165, 1.54) is 10.4 Å². The van der Waals surface area contributed by atoms with Gasteiger partial charge in [0.05, 0.1) is 12.2 Å². The lowest BCUT2D eigenvalue weighted by Gasteiger charge is -2.15. The van der Waals surface area contributed by atoms with Gasteiger partial charge in [-0.3, -0.25) is 0 Å². The summed E-state index contributed by atoms with van der Waals surface area (Å²) < 4.78 is 5.26. The number of guanidine groups is 1. The minimum absolute atomic E-state index is 0. The first-order valence-corrected chi connectivity index (χ1v) is 9.25. The average Bonchev–Trinajstić information content (AvgIpc) is 3.16. The first-order valence-electron chi connectivity index (χ1n) is 8.43. The summed E-state index contributed by atoms with van der Waals surface area (Å²) in [5, 5.41) is 11.8. The molecule has 0 aliphatic carbocycles. The average molecular weight is 477 g/mol. The maximum absolute atomic E-state index is 5.26.